The van der Waals surface area contributed by atoms with Crippen molar-refractivity contribution in [3.63, 3.8) is 0 Å². The quantitative estimate of drug-likeness (QED) is 0.799. The molecule has 5 nitrogen and oxygen atoms in total. The third kappa shape index (κ3) is 2.71. The average molecular weight is 330 g/mol. The summed E-state index contributed by atoms with van der Waals surface area (Å²) in [6.07, 6.45) is 0. The van der Waals surface area contributed by atoms with E-state index >= 15 is 0 Å². The lowest BCUT2D eigenvalue weighted by molar-refractivity contribution is 0.401. The van der Waals surface area contributed by atoms with E-state index in [1.807, 2.05) is 36.4 Å². The monoisotopic (exact) mass is 330 g/mol. The lowest BCUT2D eigenvalue weighted by atomic mass is 10.1. The largest absolute Gasteiger partial charge is 0.495 e. The van der Waals surface area contributed by atoms with Crippen LogP contribution in [-0.4, -0.2) is 38.9 Å². The minimum absolute atomic E-state index is 0.152. The van der Waals surface area contributed by atoms with Crippen molar-refractivity contribution < 1.29 is 13.2 Å². The van der Waals surface area contributed by atoms with Crippen molar-refractivity contribution in [3.8, 4) is 17.0 Å². The number of aromatic nitrogens is 1. The first-order valence-corrected chi connectivity index (χ1v) is 8.56. The Kier molecular flexibility index (Phi) is 3.87. The number of H-pyrrole nitrogens is 1. The lowest BCUT2D eigenvalue weighted by Crippen LogP contribution is -2.22. The second-order valence-corrected chi connectivity index (χ2v) is 7.55. The summed E-state index contributed by atoms with van der Waals surface area (Å²) < 4.78 is 31.4. The second kappa shape index (κ2) is 5.72. The topological polar surface area (TPSA) is 62.4 Å². The minimum atomic E-state index is -3.58. The molecule has 0 radical (unpaired) electrons. The van der Waals surface area contributed by atoms with Gasteiger partial charge >= 0.3 is 0 Å². The van der Waals surface area contributed by atoms with Crippen LogP contribution in [-0.2, 0) is 10.0 Å². The first-order valence-electron chi connectivity index (χ1n) is 7.12. The molecule has 0 amide bonds. The molecule has 0 bridgehead atoms. The van der Waals surface area contributed by atoms with E-state index in [0.717, 1.165) is 22.2 Å². The van der Waals surface area contributed by atoms with Crippen LogP contribution in [0.1, 0.15) is 0 Å². The van der Waals surface area contributed by atoms with Crippen LogP contribution >= 0.6 is 0 Å². The Morgan fingerprint density at radius 3 is 2.35 bits per heavy atom. The van der Waals surface area contributed by atoms with Crippen molar-refractivity contribution in [2.45, 2.75) is 4.90 Å². The van der Waals surface area contributed by atoms with Crippen LogP contribution in [0.25, 0.3) is 22.2 Å². The maximum Gasteiger partial charge on any atom is 0.246 e. The van der Waals surface area contributed by atoms with Gasteiger partial charge in [0.1, 0.15) is 10.6 Å². The molecule has 1 N–H and O–H groups in total. The van der Waals surface area contributed by atoms with Crippen LogP contribution in [0.4, 0.5) is 0 Å². The minimum Gasteiger partial charge on any atom is -0.495 e. The summed E-state index contributed by atoms with van der Waals surface area (Å²) >= 11 is 0. The SMILES string of the molecule is COc1cc2cc(-c3ccccc3)[nH]c2cc1S(=O)(=O)N(C)C. The smallest absolute Gasteiger partial charge is 0.246 e. The van der Waals surface area contributed by atoms with Gasteiger partial charge in [-0.2, -0.15) is 0 Å². The molecular formula is C17H18N2O3S. The number of hydrogen-bond donors (Lipinski definition) is 1. The highest BCUT2D eigenvalue weighted by molar-refractivity contribution is 7.89. The third-order valence-corrected chi connectivity index (χ3v) is 5.58. The molecule has 120 valence electrons. The first kappa shape index (κ1) is 15.6. The van der Waals surface area contributed by atoms with Crippen molar-refractivity contribution in [1.82, 2.24) is 9.29 Å². The molecule has 0 saturated carbocycles. The second-order valence-electron chi connectivity index (χ2n) is 5.43. The van der Waals surface area contributed by atoms with Crippen molar-refractivity contribution in [2.24, 2.45) is 0 Å². The number of methoxy groups -OCH3 is 1. The number of hydrogen-bond acceptors (Lipinski definition) is 3. The van der Waals surface area contributed by atoms with Crippen LogP contribution in [0.5, 0.6) is 5.75 Å². The average Bonchev–Trinajstić information content (AvgIpc) is 2.97. The van der Waals surface area contributed by atoms with E-state index in [2.05, 4.69) is 4.98 Å². The van der Waals surface area contributed by atoms with E-state index in [0.29, 0.717) is 5.75 Å². The zero-order valence-corrected chi connectivity index (χ0v) is 14.0. The molecule has 0 aliphatic heterocycles. The Labute approximate surface area is 135 Å². The summed E-state index contributed by atoms with van der Waals surface area (Å²) in [7, 11) is 0.901. The molecule has 1 aromatic heterocycles. The number of sulfonamides is 1. The van der Waals surface area contributed by atoms with E-state index in [1.54, 1.807) is 12.1 Å². The zero-order chi connectivity index (χ0) is 16.6. The fraction of sp³-hybridized carbons (Fsp3) is 0.176. The van der Waals surface area contributed by atoms with Gasteiger partial charge in [0, 0.05) is 30.7 Å². The summed E-state index contributed by atoms with van der Waals surface area (Å²) in [4.78, 5) is 3.43. The molecule has 3 rings (SSSR count). The van der Waals surface area contributed by atoms with E-state index in [4.69, 9.17) is 4.74 Å². The molecular weight excluding hydrogens is 312 g/mol. The molecule has 6 heteroatoms. The summed E-state index contributed by atoms with van der Waals surface area (Å²) in [6.45, 7) is 0. The fourth-order valence-corrected chi connectivity index (χ4v) is 3.53. The van der Waals surface area contributed by atoms with Crippen molar-refractivity contribution in [3.05, 3.63) is 48.5 Å². The molecule has 0 aliphatic rings. The Morgan fingerprint density at radius 1 is 1.04 bits per heavy atom. The number of nitrogens with one attached hydrogen (secondary N) is 1. The fourth-order valence-electron chi connectivity index (χ4n) is 2.47. The normalized spacial score (nSPS) is 12.0. The van der Waals surface area contributed by atoms with Crippen LogP contribution in [0.2, 0.25) is 0 Å². The standard InChI is InChI=1S/C17H18N2O3S/c1-19(2)23(20,21)17-11-15-13(10-16(17)22-3)9-14(18-15)12-7-5-4-6-8-12/h4-11,18H,1-3H3. The first-order chi connectivity index (χ1) is 10.9. The molecule has 0 unspecified atom stereocenters. The zero-order valence-electron chi connectivity index (χ0n) is 13.2. The van der Waals surface area contributed by atoms with Gasteiger partial charge in [-0.1, -0.05) is 30.3 Å². The van der Waals surface area contributed by atoms with Gasteiger partial charge in [0.05, 0.1) is 7.11 Å². The van der Waals surface area contributed by atoms with Crippen molar-refractivity contribution in [2.75, 3.05) is 21.2 Å². The van der Waals surface area contributed by atoms with Gasteiger partial charge in [-0.05, 0) is 23.8 Å². The van der Waals surface area contributed by atoms with E-state index in [9.17, 15) is 8.42 Å². The molecule has 0 spiro atoms. The molecule has 0 atom stereocenters. The van der Waals surface area contributed by atoms with Gasteiger partial charge in [-0.3, -0.25) is 0 Å². The van der Waals surface area contributed by atoms with E-state index in [-0.39, 0.29) is 4.90 Å². The maximum atomic E-state index is 12.5. The Bertz CT molecular complexity index is 945. The number of rotatable bonds is 4. The molecule has 1 heterocycles. The van der Waals surface area contributed by atoms with Gasteiger partial charge in [-0.25, -0.2) is 12.7 Å². The predicted octanol–water partition coefficient (Wildman–Crippen LogP) is 3.09. The van der Waals surface area contributed by atoms with Gasteiger partial charge in [0.15, 0.2) is 0 Å². The highest BCUT2D eigenvalue weighted by Gasteiger charge is 2.23. The Hall–Kier alpha value is -2.31. The number of aromatic amines is 1. The number of nitrogens with zero attached hydrogens (tertiary/aromatic N) is 1. The van der Waals surface area contributed by atoms with Gasteiger partial charge in [0.25, 0.3) is 0 Å². The molecule has 2 aromatic carbocycles. The van der Waals surface area contributed by atoms with Crippen LogP contribution < -0.4 is 4.74 Å². The Balaban J connectivity index is 2.21. The van der Waals surface area contributed by atoms with E-state index < -0.39 is 10.0 Å². The highest BCUT2D eigenvalue weighted by Crippen LogP contribution is 2.33. The molecule has 0 aliphatic carbocycles. The molecule has 0 saturated heterocycles. The third-order valence-electron chi connectivity index (χ3n) is 3.75. The van der Waals surface area contributed by atoms with Crippen LogP contribution in [0.3, 0.4) is 0 Å². The van der Waals surface area contributed by atoms with Crippen molar-refractivity contribution >= 4 is 20.9 Å². The van der Waals surface area contributed by atoms with E-state index in [1.165, 1.54) is 25.5 Å². The number of ether oxygens (including phenoxy) is 1. The molecule has 23 heavy (non-hydrogen) atoms. The summed E-state index contributed by atoms with van der Waals surface area (Å²) in [5.41, 5.74) is 2.73. The summed E-state index contributed by atoms with van der Waals surface area (Å²) in [6, 6.07) is 15.2. The summed E-state index contributed by atoms with van der Waals surface area (Å²) in [5.74, 6) is 0.338. The Morgan fingerprint density at radius 2 is 1.74 bits per heavy atom. The van der Waals surface area contributed by atoms with Gasteiger partial charge < -0.3 is 9.72 Å². The van der Waals surface area contributed by atoms with Gasteiger partial charge in [0.2, 0.25) is 10.0 Å². The van der Waals surface area contributed by atoms with Crippen LogP contribution in [0, 0.1) is 0 Å². The lowest BCUT2D eigenvalue weighted by Gasteiger charge is -2.14. The van der Waals surface area contributed by atoms with Gasteiger partial charge in [-0.15, -0.1) is 0 Å². The predicted molar refractivity (Wildman–Crippen MR) is 91.2 cm³/mol. The summed E-state index contributed by atoms with van der Waals surface area (Å²) in [5, 5.41) is 0.901. The van der Waals surface area contributed by atoms with Crippen LogP contribution in [0.15, 0.2) is 53.4 Å². The molecule has 0 fully saturated rings. The highest BCUT2D eigenvalue weighted by atomic mass is 32.2. The maximum absolute atomic E-state index is 12.5. The van der Waals surface area contributed by atoms with Crippen molar-refractivity contribution in [1.29, 1.82) is 0 Å². The number of fused-ring (bicyclic) bond motifs is 1. The molecule has 3 aromatic rings. The number of benzene rings is 2.